The van der Waals surface area contributed by atoms with Crippen molar-refractivity contribution in [3.8, 4) is 11.3 Å². The quantitative estimate of drug-likeness (QED) is 0.560. The number of aromatic nitrogens is 2. The molecule has 1 saturated heterocycles. The molecule has 2 heterocycles. The summed E-state index contributed by atoms with van der Waals surface area (Å²) in [6, 6.07) is 6.88. The Morgan fingerprint density at radius 1 is 1.39 bits per heavy atom. The average molecular weight is 426 g/mol. The van der Waals surface area contributed by atoms with E-state index in [4.69, 9.17) is 10.5 Å². The predicted molar refractivity (Wildman–Crippen MR) is 119 cm³/mol. The smallest absolute Gasteiger partial charge is 0.310 e. The number of esters is 1. The number of rotatable bonds is 8. The molecule has 1 fully saturated rings. The van der Waals surface area contributed by atoms with Gasteiger partial charge in [-0.25, -0.2) is 4.98 Å². The number of imidazole rings is 1. The monoisotopic (exact) mass is 425 g/mol. The molecule has 0 aliphatic carbocycles. The van der Waals surface area contributed by atoms with Gasteiger partial charge in [-0.2, -0.15) is 0 Å². The van der Waals surface area contributed by atoms with Crippen LogP contribution in [0.15, 0.2) is 49.2 Å². The van der Waals surface area contributed by atoms with Gasteiger partial charge in [-0.05, 0) is 49.8 Å². The summed E-state index contributed by atoms with van der Waals surface area (Å²) in [5, 5.41) is 2.97. The fourth-order valence-corrected chi connectivity index (χ4v) is 4.14. The van der Waals surface area contributed by atoms with Crippen LogP contribution in [0.25, 0.3) is 11.3 Å². The Morgan fingerprint density at radius 2 is 2.13 bits per heavy atom. The fraction of sp³-hybridized carbons (Fsp3) is 0.435. The van der Waals surface area contributed by atoms with Crippen molar-refractivity contribution in [2.24, 2.45) is 17.6 Å². The van der Waals surface area contributed by atoms with Crippen LogP contribution in [0.5, 0.6) is 0 Å². The van der Waals surface area contributed by atoms with Crippen LogP contribution >= 0.6 is 0 Å². The molecular formula is C23H31N5O3. The molecule has 0 radical (unpaired) electrons. The minimum atomic E-state index is -0.436. The number of nitrogens with two attached hydrogens (primary N) is 1. The fourth-order valence-electron chi connectivity index (χ4n) is 4.14. The van der Waals surface area contributed by atoms with E-state index >= 15 is 0 Å². The highest BCUT2D eigenvalue weighted by molar-refractivity contribution is 5.95. The summed E-state index contributed by atoms with van der Waals surface area (Å²) in [5.41, 5.74) is 8.21. The molecule has 8 heteroatoms. The average Bonchev–Trinajstić information content (AvgIpc) is 3.32. The van der Waals surface area contributed by atoms with Gasteiger partial charge in [-0.1, -0.05) is 18.7 Å². The van der Waals surface area contributed by atoms with Crippen molar-refractivity contribution in [3.05, 3.63) is 54.8 Å². The first kappa shape index (κ1) is 22.4. The van der Waals surface area contributed by atoms with Crippen LogP contribution in [-0.2, 0) is 9.53 Å². The number of benzene rings is 1. The van der Waals surface area contributed by atoms with Crippen LogP contribution in [0.1, 0.15) is 36.5 Å². The zero-order valence-corrected chi connectivity index (χ0v) is 18.1. The molecular weight excluding hydrogens is 394 g/mol. The van der Waals surface area contributed by atoms with Gasteiger partial charge in [0.25, 0.3) is 5.91 Å². The number of carbonyl (C=O) groups excluding carboxylic acids is 2. The highest BCUT2D eigenvalue weighted by Crippen LogP contribution is 2.27. The van der Waals surface area contributed by atoms with E-state index in [1.807, 2.05) is 24.0 Å². The van der Waals surface area contributed by atoms with Crippen LogP contribution in [-0.4, -0.2) is 53.0 Å². The number of hydrogen-bond donors (Lipinski definition) is 3. The van der Waals surface area contributed by atoms with E-state index in [1.165, 1.54) is 7.11 Å². The number of nitrogens with one attached hydrogen (secondary N) is 2. The molecule has 0 saturated carbocycles. The molecule has 3 rings (SSSR count). The summed E-state index contributed by atoms with van der Waals surface area (Å²) >= 11 is 0. The van der Waals surface area contributed by atoms with Gasteiger partial charge >= 0.3 is 5.97 Å². The predicted octanol–water partition coefficient (Wildman–Crippen LogP) is 2.52. The summed E-state index contributed by atoms with van der Waals surface area (Å²) < 4.78 is 5.04. The normalized spacial score (nSPS) is 18.1. The van der Waals surface area contributed by atoms with Crippen molar-refractivity contribution in [2.75, 3.05) is 20.2 Å². The zero-order chi connectivity index (χ0) is 22.4. The van der Waals surface area contributed by atoms with Crippen LogP contribution in [0.4, 0.5) is 0 Å². The summed E-state index contributed by atoms with van der Waals surface area (Å²) in [7, 11) is 1.38. The van der Waals surface area contributed by atoms with Crippen molar-refractivity contribution < 1.29 is 14.3 Å². The van der Waals surface area contributed by atoms with Gasteiger partial charge in [0.15, 0.2) is 0 Å². The number of likely N-dealkylation sites (tertiary alicyclic amines) is 1. The molecule has 1 aliphatic rings. The molecule has 0 bridgehead atoms. The van der Waals surface area contributed by atoms with E-state index in [9.17, 15) is 9.59 Å². The van der Waals surface area contributed by atoms with Crippen LogP contribution in [0.2, 0.25) is 0 Å². The van der Waals surface area contributed by atoms with Gasteiger partial charge in [0, 0.05) is 24.7 Å². The second-order valence-electron chi connectivity index (χ2n) is 8.12. The van der Waals surface area contributed by atoms with Gasteiger partial charge in [0.1, 0.15) is 0 Å². The van der Waals surface area contributed by atoms with Crippen molar-refractivity contribution >= 4 is 11.9 Å². The lowest BCUT2D eigenvalue weighted by Crippen LogP contribution is -2.44. The Kier molecular flexibility index (Phi) is 7.33. The molecule has 8 nitrogen and oxygen atoms in total. The Morgan fingerprint density at radius 3 is 2.74 bits per heavy atom. The number of ether oxygens (including phenoxy) is 1. The lowest BCUT2D eigenvalue weighted by Gasteiger charge is -2.36. The van der Waals surface area contributed by atoms with Crippen molar-refractivity contribution in [1.29, 1.82) is 0 Å². The number of hydrogen-bond acceptors (Lipinski definition) is 6. The highest BCUT2D eigenvalue weighted by Gasteiger charge is 2.32. The first-order valence-corrected chi connectivity index (χ1v) is 10.6. The van der Waals surface area contributed by atoms with E-state index in [1.54, 1.807) is 24.7 Å². The lowest BCUT2D eigenvalue weighted by atomic mass is 9.85. The number of methoxy groups -OCH3 is 1. The van der Waals surface area contributed by atoms with Gasteiger partial charge < -0.3 is 25.7 Å². The molecule has 3 atom stereocenters. The van der Waals surface area contributed by atoms with Gasteiger partial charge in [0.2, 0.25) is 0 Å². The minimum Gasteiger partial charge on any atom is -0.469 e. The number of carbonyl (C=O) groups is 2. The zero-order valence-electron chi connectivity index (χ0n) is 18.1. The second-order valence-corrected chi connectivity index (χ2v) is 8.12. The van der Waals surface area contributed by atoms with Gasteiger partial charge in [-0.15, -0.1) is 0 Å². The van der Waals surface area contributed by atoms with Crippen molar-refractivity contribution in [1.82, 2.24) is 20.2 Å². The third kappa shape index (κ3) is 5.65. The van der Waals surface area contributed by atoms with E-state index in [0.29, 0.717) is 17.8 Å². The number of amides is 1. The summed E-state index contributed by atoms with van der Waals surface area (Å²) in [5.74, 6) is -0.135. The Hall–Kier alpha value is -3.29. The van der Waals surface area contributed by atoms with Crippen molar-refractivity contribution in [2.45, 2.75) is 32.2 Å². The van der Waals surface area contributed by atoms with E-state index in [0.717, 1.165) is 37.2 Å². The molecule has 1 unspecified atom stereocenters. The molecule has 1 aliphatic heterocycles. The first-order valence-electron chi connectivity index (χ1n) is 10.6. The molecule has 1 amide bonds. The second kappa shape index (κ2) is 10.1. The summed E-state index contributed by atoms with van der Waals surface area (Å²) in [6.07, 6.45) is 5.96. The number of nitrogens with zero attached hydrogens (tertiary/aromatic N) is 2. The number of aromatic amines is 1. The van der Waals surface area contributed by atoms with Crippen LogP contribution in [0.3, 0.4) is 0 Å². The molecule has 1 aromatic heterocycles. The van der Waals surface area contributed by atoms with Crippen LogP contribution < -0.4 is 11.1 Å². The number of piperidine rings is 1. The molecule has 1 aromatic carbocycles. The molecule has 0 spiro atoms. The highest BCUT2D eigenvalue weighted by atomic mass is 16.5. The maximum Gasteiger partial charge on any atom is 0.310 e. The third-order valence-corrected chi connectivity index (χ3v) is 5.94. The largest absolute Gasteiger partial charge is 0.469 e. The van der Waals surface area contributed by atoms with Crippen molar-refractivity contribution in [3.63, 3.8) is 0 Å². The maximum absolute atomic E-state index is 12.8. The molecule has 2 aromatic rings. The van der Waals surface area contributed by atoms with E-state index in [-0.39, 0.29) is 23.8 Å². The maximum atomic E-state index is 12.8. The topological polar surface area (TPSA) is 113 Å². The molecule has 166 valence electrons. The van der Waals surface area contributed by atoms with Gasteiger partial charge in [0.05, 0.1) is 37.1 Å². The third-order valence-electron chi connectivity index (χ3n) is 5.94. The number of H-pyrrole nitrogens is 1. The lowest BCUT2D eigenvalue weighted by molar-refractivity contribution is -0.147. The van der Waals surface area contributed by atoms with Gasteiger partial charge in [-0.3, -0.25) is 9.59 Å². The Bertz CT molecular complexity index is 894. The minimum absolute atomic E-state index is 0.224. The standard InChI is InChI=1S/C23H31N5O3/c1-15(20(23(30)31-3)11-17-5-4-10-28(13-17)16(2)24)27-22(29)19-8-6-18(7-9-19)21-12-25-14-26-21/h6-9,12,14-15,17,20H,2,4-5,10-11,13,24H2,1,3H3,(H,25,26)(H,27,29)/t15-,17?,20-/m1/s1. The summed E-state index contributed by atoms with van der Waals surface area (Å²) in [6.45, 7) is 7.32. The SMILES string of the molecule is C=C(N)N1CCCC(C[C@@H](C(=O)OC)[C@@H](C)NC(=O)c2ccc(-c3cnc[nH]3)cc2)C1. The van der Waals surface area contributed by atoms with E-state index in [2.05, 4.69) is 21.9 Å². The summed E-state index contributed by atoms with van der Waals surface area (Å²) in [4.78, 5) is 34.4. The Balaban J connectivity index is 1.64. The van der Waals surface area contributed by atoms with Crippen LogP contribution in [0, 0.1) is 11.8 Å². The molecule has 31 heavy (non-hydrogen) atoms. The first-order chi connectivity index (χ1) is 14.9. The van der Waals surface area contributed by atoms with E-state index < -0.39 is 5.92 Å². The Labute approximate surface area is 182 Å². The molecule has 4 N–H and O–H groups in total.